The number of carbonyl (C=O) groups excluding carboxylic acids is 1. The molecule has 1 aromatic carbocycles. The SMILES string of the molecule is CN1CCC(Oc2ccc3nccc(Oc4cnc(CC(=O)Nc5cnn(C(C)(C)C)c5)c(F)c4)c3c2)CC1. The lowest BCUT2D eigenvalue weighted by Crippen LogP contribution is -2.35. The molecule has 1 fully saturated rings. The molecule has 5 rings (SSSR count). The van der Waals surface area contributed by atoms with Gasteiger partial charge >= 0.3 is 0 Å². The third-order valence-electron chi connectivity index (χ3n) is 6.64. The number of hydrogen-bond donors (Lipinski definition) is 1. The van der Waals surface area contributed by atoms with Crippen LogP contribution in [0.2, 0.25) is 0 Å². The molecule has 0 saturated carbocycles. The van der Waals surface area contributed by atoms with Crippen molar-refractivity contribution < 1.29 is 18.7 Å². The molecule has 10 heteroatoms. The number of halogens is 1. The van der Waals surface area contributed by atoms with Crippen LogP contribution in [-0.4, -0.2) is 56.8 Å². The molecule has 4 aromatic rings. The molecule has 1 N–H and O–H groups in total. The van der Waals surface area contributed by atoms with Crippen LogP contribution in [0.4, 0.5) is 10.1 Å². The number of fused-ring (bicyclic) bond motifs is 1. The highest BCUT2D eigenvalue weighted by atomic mass is 19.1. The van der Waals surface area contributed by atoms with Gasteiger partial charge in [0.25, 0.3) is 0 Å². The van der Waals surface area contributed by atoms with Crippen LogP contribution in [0.1, 0.15) is 39.3 Å². The second kappa shape index (κ2) is 11.0. The van der Waals surface area contributed by atoms with Gasteiger partial charge in [-0.25, -0.2) is 4.39 Å². The first kappa shape index (κ1) is 26.6. The molecule has 0 bridgehead atoms. The first-order chi connectivity index (χ1) is 18.6. The second-order valence-corrected chi connectivity index (χ2v) is 10.9. The number of piperidine rings is 1. The number of hydrogen-bond acceptors (Lipinski definition) is 7. The molecule has 1 saturated heterocycles. The van der Waals surface area contributed by atoms with Crippen molar-refractivity contribution in [2.24, 2.45) is 0 Å². The summed E-state index contributed by atoms with van der Waals surface area (Å²) in [5.41, 5.74) is 1.09. The number of rotatable bonds is 7. The van der Waals surface area contributed by atoms with Gasteiger partial charge in [0, 0.05) is 36.9 Å². The molecular weight excluding hydrogens is 499 g/mol. The van der Waals surface area contributed by atoms with E-state index in [0.29, 0.717) is 11.4 Å². The third-order valence-corrected chi connectivity index (χ3v) is 6.64. The van der Waals surface area contributed by atoms with Crippen LogP contribution >= 0.6 is 0 Å². The molecule has 0 radical (unpaired) electrons. The van der Waals surface area contributed by atoms with Crippen LogP contribution < -0.4 is 14.8 Å². The highest BCUT2D eigenvalue weighted by Crippen LogP contribution is 2.32. The van der Waals surface area contributed by atoms with Crippen molar-refractivity contribution in [3.05, 3.63) is 66.6 Å². The maximum absolute atomic E-state index is 14.9. The summed E-state index contributed by atoms with van der Waals surface area (Å²) >= 11 is 0. The van der Waals surface area contributed by atoms with Gasteiger partial charge in [0.1, 0.15) is 29.2 Å². The van der Waals surface area contributed by atoms with Gasteiger partial charge in [-0.1, -0.05) is 0 Å². The summed E-state index contributed by atoms with van der Waals surface area (Å²) in [5.74, 6) is 0.459. The number of nitrogens with one attached hydrogen (secondary N) is 1. The molecule has 0 spiro atoms. The van der Waals surface area contributed by atoms with Gasteiger partial charge in [-0.05, 0) is 64.9 Å². The molecule has 3 aromatic heterocycles. The van der Waals surface area contributed by atoms with Crippen LogP contribution in [0.15, 0.2) is 55.1 Å². The van der Waals surface area contributed by atoms with Gasteiger partial charge in [0.15, 0.2) is 0 Å². The van der Waals surface area contributed by atoms with Crippen molar-refractivity contribution in [3.63, 3.8) is 0 Å². The van der Waals surface area contributed by atoms with E-state index in [9.17, 15) is 9.18 Å². The van der Waals surface area contributed by atoms with Gasteiger partial charge in [0.05, 0.1) is 41.3 Å². The predicted octanol–water partition coefficient (Wildman–Crippen LogP) is 5.17. The Morgan fingerprint density at radius 3 is 2.62 bits per heavy atom. The summed E-state index contributed by atoms with van der Waals surface area (Å²) in [5, 5.41) is 7.75. The van der Waals surface area contributed by atoms with Gasteiger partial charge in [-0.15, -0.1) is 0 Å². The largest absolute Gasteiger partial charge is 0.490 e. The maximum Gasteiger partial charge on any atom is 0.230 e. The monoisotopic (exact) mass is 532 g/mol. The number of benzene rings is 1. The fraction of sp³-hybridized carbons (Fsp3) is 0.379. The van der Waals surface area contributed by atoms with Crippen molar-refractivity contribution in [1.29, 1.82) is 0 Å². The number of nitrogens with zero attached hydrogens (tertiary/aromatic N) is 5. The van der Waals surface area contributed by atoms with E-state index in [1.165, 1.54) is 12.3 Å². The number of anilines is 1. The van der Waals surface area contributed by atoms with Crippen LogP contribution in [-0.2, 0) is 16.8 Å². The molecule has 1 aliphatic rings. The second-order valence-electron chi connectivity index (χ2n) is 10.9. The van der Waals surface area contributed by atoms with E-state index in [1.54, 1.807) is 29.3 Å². The normalized spacial score (nSPS) is 14.9. The smallest absolute Gasteiger partial charge is 0.230 e. The summed E-state index contributed by atoms with van der Waals surface area (Å²) < 4.78 is 28.9. The maximum atomic E-state index is 14.9. The summed E-state index contributed by atoms with van der Waals surface area (Å²) in [6.45, 7) is 8.03. The highest BCUT2D eigenvalue weighted by molar-refractivity contribution is 5.91. The minimum atomic E-state index is -0.627. The molecule has 0 atom stereocenters. The summed E-state index contributed by atoms with van der Waals surface area (Å²) in [6, 6.07) is 8.65. The Morgan fingerprint density at radius 1 is 1.10 bits per heavy atom. The number of amides is 1. The molecule has 9 nitrogen and oxygen atoms in total. The van der Waals surface area contributed by atoms with E-state index in [4.69, 9.17) is 9.47 Å². The van der Waals surface area contributed by atoms with E-state index in [-0.39, 0.29) is 35.4 Å². The Hall–Kier alpha value is -4.05. The lowest BCUT2D eigenvalue weighted by Gasteiger charge is -2.29. The van der Waals surface area contributed by atoms with E-state index in [2.05, 4.69) is 32.3 Å². The van der Waals surface area contributed by atoms with Gasteiger partial charge in [-0.2, -0.15) is 5.10 Å². The Morgan fingerprint density at radius 2 is 1.90 bits per heavy atom. The Balaban J connectivity index is 1.26. The average molecular weight is 533 g/mol. The van der Waals surface area contributed by atoms with E-state index < -0.39 is 5.82 Å². The molecule has 204 valence electrons. The van der Waals surface area contributed by atoms with Crippen molar-refractivity contribution in [3.8, 4) is 17.2 Å². The number of ether oxygens (including phenoxy) is 2. The Kier molecular flexibility index (Phi) is 7.47. The van der Waals surface area contributed by atoms with Gasteiger partial charge in [0.2, 0.25) is 5.91 Å². The van der Waals surface area contributed by atoms with Crippen LogP contribution in [0, 0.1) is 5.82 Å². The number of aromatic nitrogens is 4. The topological polar surface area (TPSA) is 94.4 Å². The standard InChI is InChI=1S/C29H33FN6O3/c1-29(2,3)36-18-19(16-33-36)34-28(37)15-26-24(30)14-22(17-32-26)39-27-7-10-31-25-6-5-21(13-23(25)27)38-20-8-11-35(4)12-9-20/h5-7,10,13-14,16-18,20H,8-9,11-12,15H2,1-4H3,(H,34,37). The van der Waals surface area contributed by atoms with Crippen molar-refractivity contribution >= 4 is 22.5 Å². The number of carbonyl (C=O) groups is 1. The minimum absolute atomic E-state index is 0.0245. The lowest BCUT2D eigenvalue weighted by molar-refractivity contribution is -0.115. The van der Waals surface area contributed by atoms with Gasteiger partial charge < -0.3 is 19.7 Å². The predicted molar refractivity (Wildman–Crippen MR) is 147 cm³/mol. The van der Waals surface area contributed by atoms with E-state index >= 15 is 0 Å². The summed E-state index contributed by atoms with van der Waals surface area (Å²) in [4.78, 5) is 23.4. The average Bonchev–Trinajstić information content (AvgIpc) is 3.36. The van der Waals surface area contributed by atoms with E-state index in [1.807, 2.05) is 39.0 Å². The molecule has 39 heavy (non-hydrogen) atoms. The molecule has 0 unspecified atom stereocenters. The number of pyridine rings is 2. The first-order valence-corrected chi connectivity index (χ1v) is 13.1. The molecule has 1 amide bonds. The number of likely N-dealkylation sites (tertiary alicyclic amines) is 1. The van der Waals surface area contributed by atoms with Crippen molar-refractivity contribution in [1.82, 2.24) is 24.6 Å². The summed E-state index contributed by atoms with van der Waals surface area (Å²) in [7, 11) is 2.12. The van der Waals surface area contributed by atoms with Crippen LogP contribution in [0.5, 0.6) is 17.2 Å². The van der Waals surface area contributed by atoms with Crippen molar-refractivity contribution in [2.75, 3.05) is 25.5 Å². The Bertz CT molecular complexity index is 1470. The highest BCUT2D eigenvalue weighted by Gasteiger charge is 2.19. The quantitative estimate of drug-likeness (QED) is 0.351. The van der Waals surface area contributed by atoms with Gasteiger partial charge in [-0.3, -0.25) is 19.4 Å². The third kappa shape index (κ3) is 6.51. The molecule has 1 aliphatic heterocycles. The minimum Gasteiger partial charge on any atom is -0.490 e. The fourth-order valence-electron chi connectivity index (χ4n) is 4.43. The Labute approximate surface area is 227 Å². The molecule has 4 heterocycles. The zero-order chi connectivity index (χ0) is 27.6. The fourth-order valence-corrected chi connectivity index (χ4v) is 4.43. The van der Waals surface area contributed by atoms with Crippen LogP contribution in [0.3, 0.4) is 0 Å². The van der Waals surface area contributed by atoms with Crippen LogP contribution in [0.25, 0.3) is 10.9 Å². The lowest BCUT2D eigenvalue weighted by atomic mass is 10.1. The van der Waals surface area contributed by atoms with E-state index in [0.717, 1.165) is 42.6 Å². The van der Waals surface area contributed by atoms with Crippen molar-refractivity contribution in [2.45, 2.75) is 51.7 Å². The molecular formula is C29H33FN6O3. The summed E-state index contributed by atoms with van der Waals surface area (Å²) in [6.07, 6.45) is 8.24. The zero-order valence-electron chi connectivity index (χ0n) is 22.6. The zero-order valence-corrected chi connectivity index (χ0v) is 22.6. The molecule has 0 aliphatic carbocycles. The first-order valence-electron chi connectivity index (χ1n) is 13.1.